The molecule has 1 aromatic carbocycles. The summed E-state index contributed by atoms with van der Waals surface area (Å²) in [7, 11) is 3.92. The number of nitrogens with one attached hydrogen (secondary N) is 1. The molecule has 0 unspecified atom stereocenters. The van der Waals surface area contributed by atoms with Gasteiger partial charge in [-0.25, -0.2) is 0 Å². The van der Waals surface area contributed by atoms with Crippen LogP contribution in [-0.4, -0.2) is 32.1 Å². The molecule has 0 saturated carbocycles. The lowest BCUT2D eigenvalue weighted by molar-refractivity contribution is -0.138. The van der Waals surface area contributed by atoms with Gasteiger partial charge >= 0.3 is 6.18 Å². The predicted octanol–water partition coefficient (Wildman–Crippen LogP) is 3.83. The Labute approximate surface area is 113 Å². The largest absolute Gasteiger partial charge is 0.417 e. The Bertz CT molecular complexity index is 391. The van der Waals surface area contributed by atoms with Gasteiger partial charge in [0.1, 0.15) is 0 Å². The van der Waals surface area contributed by atoms with Gasteiger partial charge in [0.15, 0.2) is 0 Å². The molecule has 0 bridgehead atoms. The van der Waals surface area contributed by atoms with Crippen LogP contribution in [0.25, 0.3) is 0 Å². The SMILES string of the molecule is CN(C)CCCNc1ccc(Br)c(C(F)(F)F)c1. The summed E-state index contributed by atoms with van der Waals surface area (Å²) in [6.07, 6.45) is -3.45. The summed E-state index contributed by atoms with van der Waals surface area (Å²) in [6, 6.07) is 4.17. The minimum absolute atomic E-state index is 0.0637. The maximum atomic E-state index is 12.7. The van der Waals surface area contributed by atoms with Gasteiger partial charge in [-0.15, -0.1) is 0 Å². The third-order valence-corrected chi connectivity index (χ3v) is 3.07. The monoisotopic (exact) mass is 324 g/mol. The van der Waals surface area contributed by atoms with Crippen LogP contribution in [0.3, 0.4) is 0 Å². The van der Waals surface area contributed by atoms with E-state index < -0.39 is 11.7 Å². The van der Waals surface area contributed by atoms with E-state index in [0.717, 1.165) is 19.0 Å². The van der Waals surface area contributed by atoms with Crippen molar-refractivity contribution in [3.63, 3.8) is 0 Å². The van der Waals surface area contributed by atoms with Crippen LogP contribution >= 0.6 is 15.9 Å². The number of anilines is 1. The van der Waals surface area contributed by atoms with Crippen LogP contribution < -0.4 is 5.32 Å². The molecular formula is C12H16BrF3N2. The first-order valence-corrected chi connectivity index (χ1v) is 6.35. The van der Waals surface area contributed by atoms with E-state index in [-0.39, 0.29) is 4.47 Å². The normalized spacial score (nSPS) is 11.9. The topological polar surface area (TPSA) is 15.3 Å². The quantitative estimate of drug-likeness (QED) is 0.828. The maximum Gasteiger partial charge on any atom is 0.417 e. The summed E-state index contributed by atoms with van der Waals surface area (Å²) in [6.45, 7) is 1.55. The summed E-state index contributed by atoms with van der Waals surface area (Å²) in [5.74, 6) is 0. The molecule has 2 nitrogen and oxygen atoms in total. The second-order valence-electron chi connectivity index (χ2n) is 4.28. The first kappa shape index (κ1) is 15.3. The first-order chi connectivity index (χ1) is 8.30. The molecule has 1 N–H and O–H groups in total. The van der Waals surface area contributed by atoms with Crippen LogP contribution in [0.4, 0.5) is 18.9 Å². The second-order valence-corrected chi connectivity index (χ2v) is 5.13. The molecule has 102 valence electrons. The molecule has 0 aliphatic heterocycles. The lowest BCUT2D eigenvalue weighted by Crippen LogP contribution is -2.16. The van der Waals surface area contributed by atoms with Crippen molar-refractivity contribution in [3.8, 4) is 0 Å². The molecule has 0 aliphatic rings. The van der Waals surface area contributed by atoms with Gasteiger partial charge in [0, 0.05) is 16.7 Å². The molecular weight excluding hydrogens is 309 g/mol. The van der Waals surface area contributed by atoms with Crippen molar-refractivity contribution in [3.05, 3.63) is 28.2 Å². The Balaban J connectivity index is 2.63. The van der Waals surface area contributed by atoms with Crippen molar-refractivity contribution in [2.24, 2.45) is 0 Å². The van der Waals surface area contributed by atoms with E-state index in [1.165, 1.54) is 6.07 Å². The fourth-order valence-electron chi connectivity index (χ4n) is 1.48. The molecule has 6 heteroatoms. The van der Waals surface area contributed by atoms with E-state index in [9.17, 15) is 13.2 Å². The van der Waals surface area contributed by atoms with E-state index in [0.29, 0.717) is 12.2 Å². The maximum absolute atomic E-state index is 12.7. The van der Waals surface area contributed by atoms with Crippen molar-refractivity contribution >= 4 is 21.6 Å². The van der Waals surface area contributed by atoms with Gasteiger partial charge in [0.2, 0.25) is 0 Å². The van der Waals surface area contributed by atoms with Crippen molar-refractivity contribution < 1.29 is 13.2 Å². The van der Waals surface area contributed by atoms with E-state index in [4.69, 9.17) is 0 Å². The Morgan fingerprint density at radius 2 is 1.94 bits per heavy atom. The van der Waals surface area contributed by atoms with Crippen molar-refractivity contribution in [2.75, 3.05) is 32.5 Å². The number of hydrogen-bond acceptors (Lipinski definition) is 2. The number of nitrogens with zero attached hydrogens (tertiary/aromatic N) is 1. The van der Waals surface area contributed by atoms with Gasteiger partial charge in [0.25, 0.3) is 0 Å². The summed E-state index contributed by atoms with van der Waals surface area (Å²) >= 11 is 2.91. The molecule has 1 rings (SSSR count). The number of rotatable bonds is 5. The molecule has 0 heterocycles. The average Bonchev–Trinajstić information content (AvgIpc) is 2.24. The summed E-state index contributed by atoms with van der Waals surface area (Å²) in [5.41, 5.74) is -0.163. The summed E-state index contributed by atoms with van der Waals surface area (Å²) in [5, 5.41) is 2.99. The molecule has 0 fully saturated rings. The van der Waals surface area contributed by atoms with Gasteiger partial charge in [-0.1, -0.05) is 15.9 Å². The van der Waals surface area contributed by atoms with Crippen molar-refractivity contribution in [1.82, 2.24) is 4.90 Å². The standard InChI is InChI=1S/C12H16BrF3N2/c1-18(2)7-3-6-17-9-4-5-11(13)10(8-9)12(14,15)16/h4-5,8,17H,3,6-7H2,1-2H3. The summed E-state index contributed by atoms with van der Waals surface area (Å²) in [4.78, 5) is 2.03. The third-order valence-electron chi connectivity index (χ3n) is 2.38. The fraction of sp³-hybridized carbons (Fsp3) is 0.500. The molecule has 0 aliphatic carbocycles. The zero-order valence-electron chi connectivity index (χ0n) is 10.3. The number of alkyl halides is 3. The van der Waals surface area contributed by atoms with Crippen LogP contribution in [0.2, 0.25) is 0 Å². The highest BCUT2D eigenvalue weighted by molar-refractivity contribution is 9.10. The zero-order chi connectivity index (χ0) is 13.8. The van der Waals surface area contributed by atoms with Gasteiger partial charge in [-0.05, 0) is 45.3 Å². The molecule has 18 heavy (non-hydrogen) atoms. The molecule has 1 aromatic rings. The van der Waals surface area contributed by atoms with Crippen LogP contribution in [0.5, 0.6) is 0 Å². The Kier molecular flexibility index (Phi) is 5.47. The Hall–Kier alpha value is -0.750. The van der Waals surface area contributed by atoms with Crippen molar-refractivity contribution in [1.29, 1.82) is 0 Å². The third kappa shape index (κ3) is 4.86. The van der Waals surface area contributed by atoms with Gasteiger partial charge < -0.3 is 10.2 Å². The Morgan fingerprint density at radius 1 is 1.28 bits per heavy atom. The highest BCUT2D eigenvalue weighted by atomic mass is 79.9. The minimum atomic E-state index is -4.33. The smallest absolute Gasteiger partial charge is 0.385 e. The second kappa shape index (κ2) is 6.43. The lowest BCUT2D eigenvalue weighted by atomic mass is 10.2. The van der Waals surface area contributed by atoms with Gasteiger partial charge in [0.05, 0.1) is 5.56 Å². The summed E-state index contributed by atoms with van der Waals surface area (Å²) < 4.78 is 38.0. The molecule has 0 aromatic heterocycles. The lowest BCUT2D eigenvalue weighted by Gasteiger charge is -2.13. The molecule has 0 atom stereocenters. The van der Waals surface area contributed by atoms with Gasteiger partial charge in [-0.2, -0.15) is 13.2 Å². The molecule has 0 spiro atoms. The Morgan fingerprint density at radius 3 is 2.50 bits per heavy atom. The molecule has 0 amide bonds. The highest BCUT2D eigenvalue weighted by Gasteiger charge is 2.33. The minimum Gasteiger partial charge on any atom is -0.385 e. The highest BCUT2D eigenvalue weighted by Crippen LogP contribution is 2.36. The molecule has 0 saturated heterocycles. The molecule has 0 radical (unpaired) electrons. The van der Waals surface area contributed by atoms with E-state index in [1.807, 2.05) is 19.0 Å². The number of benzene rings is 1. The average molecular weight is 325 g/mol. The van der Waals surface area contributed by atoms with Gasteiger partial charge in [-0.3, -0.25) is 0 Å². The zero-order valence-corrected chi connectivity index (χ0v) is 11.9. The van der Waals surface area contributed by atoms with Crippen LogP contribution in [0.15, 0.2) is 22.7 Å². The number of halogens is 4. The van der Waals surface area contributed by atoms with Crippen LogP contribution in [-0.2, 0) is 6.18 Å². The predicted molar refractivity (Wildman–Crippen MR) is 70.8 cm³/mol. The van der Waals surface area contributed by atoms with E-state index in [2.05, 4.69) is 21.2 Å². The van der Waals surface area contributed by atoms with E-state index >= 15 is 0 Å². The first-order valence-electron chi connectivity index (χ1n) is 5.56. The van der Waals surface area contributed by atoms with E-state index in [1.54, 1.807) is 6.07 Å². The van der Waals surface area contributed by atoms with Crippen LogP contribution in [0, 0.1) is 0 Å². The number of hydrogen-bond donors (Lipinski definition) is 1. The van der Waals surface area contributed by atoms with Crippen molar-refractivity contribution in [2.45, 2.75) is 12.6 Å². The van der Waals surface area contributed by atoms with Crippen LogP contribution in [0.1, 0.15) is 12.0 Å². The fourth-order valence-corrected chi connectivity index (χ4v) is 1.95.